The third kappa shape index (κ3) is 3.79. The summed E-state index contributed by atoms with van der Waals surface area (Å²) >= 11 is 0. The average molecular weight is 332 g/mol. The fourth-order valence-electron chi connectivity index (χ4n) is 3.83. The second-order valence-corrected chi connectivity index (χ2v) is 6.87. The van der Waals surface area contributed by atoms with Crippen LogP contribution in [-0.4, -0.2) is 57.3 Å². The third-order valence-corrected chi connectivity index (χ3v) is 5.21. The van der Waals surface area contributed by atoms with Crippen LogP contribution in [-0.2, 0) is 16.0 Å². The summed E-state index contributed by atoms with van der Waals surface area (Å²) in [7, 11) is 0. The quantitative estimate of drug-likeness (QED) is 0.847. The Morgan fingerprint density at radius 1 is 1.25 bits per heavy atom. The van der Waals surface area contributed by atoms with Crippen LogP contribution in [0.1, 0.15) is 57.3 Å². The van der Waals surface area contributed by atoms with E-state index in [1.807, 2.05) is 17.3 Å². The molecule has 1 atom stereocenters. The maximum Gasteiger partial charge on any atom is 0.242 e. The van der Waals surface area contributed by atoms with Gasteiger partial charge in [0.1, 0.15) is 5.82 Å². The minimum atomic E-state index is 0.0908. The molecule has 0 unspecified atom stereocenters. The molecule has 0 bridgehead atoms. The Balaban J connectivity index is 1.61. The number of aryl methyl sites for hydroxylation is 1. The van der Waals surface area contributed by atoms with Crippen molar-refractivity contribution in [3.63, 3.8) is 0 Å². The fourth-order valence-corrected chi connectivity index (χ4v) is 3.83. The molecule has 6 nitrogen and oxygen atoms in total. The topological polar surface area (TPSA) is 58.4 Å². The Morgan fingerprint density at radius 3 is 2.96 bits per heavy atom. The zero-order valence-electron chi connectivity index (χ0n) is 14.6. The van der Waals surface area contributed by atoms with Gasteiger partial charge in [-0.3, -0.25) is 9.59 Å². The number of imidazole rings is 1. The molecule has 0 aromatic carbocycles. The van der Waals surface area contributed by atoms with Crippen molar-refractivity contribution in [1.29, 1.82) is 0 Å². The lowest BCUT2D eigenvalue weighted by Crippen LogP contribution is -2.46. The van der Waals surface area contributed by atoms with E-state index in [1.165, 1.54) is 0 Å². The molecule has 6 heteroatoms. The van der Waals surface area contributed by atoms with Gasteiger partial charge >= 0.3 is 0 Å². The van der Waals surface area contributed by atoms with Crippen molar-refractivity contribution >= 4 is 11.8 Å². The van der Waals surface area contributed by atoms with Crippen molar-refractivity contribution in [3.8, 4) is 0 Å². The van der Waals surface area contributed by atoms with Gasteiger partial charge in [-0.05, 0) is 25.7 Å². The summed E-state index contributed by atoms with van der Waals surface area (Å²) in [6.45, 7) is 4.60. The van der Waals surface area contributed by atoms with Crippen molar-refractivity contribution in [1.82, 2.24) is 19.4 Å². The molecule has 3 heterocycles. The number of amides is 2. The van der Waals surface area contributed by atoms with Crippen LogP contribution in [0.15, 0.2) is 12.4 Å². The van der Waals surface area contributed by atoms with Gasteiger partial charge < -0.3 is 14.4 Å². The molecule has 0 spiro atoms. The molecule has 2 fully saturated rings. The molecule has 2 aliphatic heterocycles. The van der Waals surface area contributed by atoms with Gasteiger partial charge in [0.25, 0.3) is 0 Å². The van der Waals surface area contributed by atoms with Crippen LogP contribution in [0.25, 0.3) is 0 Å². The van der Waals surface area contributed by atoms with Gasteiger partial charge in [0.2, 0.25) is 11.8 Å². The molecule has 24 heavy (non-hydrogen) atoms. The van der Waals surface area contributed by atoms with Crippen LogP contribution in [0, 0.1) is 0 Å². The van der Waals surface area contributed by atoms with Gasteiger partial charge in [0, 0.05) is 44.9 Å². The molecule has 1 aromatic rings. The number of aromatic nitrogens is 2. The number of nitrogens with zero attached hydrogens (tertiary/aromatic N) is 4. The van der Waals surface area contributed by atoms with E-state index in [4.69, 9.17) is 0 Å². The Bertz CT molecular complexity index is 583. The summed E-state index contributed by atoms with van der Waals surface area (Å²) in [6.07, 6.45) is 10.5. The summed E-state index contributed by atoms with van der Waals surface area (Å²) in [5.74, 6) is 1.31. The van der Waals surface area contributed by atoms with Crippen LogP contribution in [0.5, 0.6) is 0 Å². The Kier molecular flexibility index (Phi) is 5.53. The molecule has 0 radical (unpaired) electrons. The van der Waals surface area contributed by atoms with Crippen molar-refractivity contribution in [3.05, 3.63) is 18.2 Å². The molecular formula is C18H28N4O2. The minimum Gasteiger partial charge on any atom is -0.339 e. The monoisotopic (exact) mass is 332 g/mol. The van der Waals surface area contributed by atoms with Crippen LogP contribution in [0.4, 0.5) is 0 Å². The Morgan fingerprint density at radius 2 is 2.12 bits per heavy atom. The van der Waals surface area contributed by atoms with Crippen molar-refractivity contribution in [2.45, 2.75) is 57.9 Å². The van der Waals surface area contributed by atoms with Gasteiger partial charge in [-0.15, -0.1) is 0 Å². The van der Waals surface area contributed by atoms with E-state index in [2.05, 4.69) is 16.5 Å². The van der Waals surface area contributed by atoms with Crippen molar-refractivity contribution in [2.75, 3.05) is 26.2 Å². The van der Waals surface area contributed by atoms with Crippen LogP contribution in [0.2, 0.25) is 0 Å². The number of hydrogen-bond donors (Lipinski definition) is 0. The fraction of sp³-hybridized carbons (Fsp3) is 0.722. The molecule has 2 saturated heterocycles. The lowest BCUT2D eigenvalue weighted by Gasteiger charge is -2.35. The minimum absolute atomic E-state index is 0.0908. The largest absolute Gasteiger partial charge is 0.339 e. The highest BCUT2D eigenvalue weighted by molar-refractivity contribution is 5.85. The van der Waals surface area contributed by atoms with Gasteiger partial charge in [0.15, 0.2) is 0 Å². The summed E-state index contributed by atoms with van der Waals surface area (Å²) in [5.41, 5.74) is 0. The van der Waals surface area contributed by atoms with E-state index in [9.17, 15) is 9.59 Å². The maximum absolute atomic E-state index is 12.7. The zero-order chi connectivity index (χ0) is 16.9. The number of rotatable bonds is 4. The highest BCUT2D eigenvalue weighted by Gasteiger charge is 2.28. The summed E-state index contributed by atoms with van der Waals surface area (Å²) in [6, 6.07) is 0.306. The van der Waals surface area contributed by atoms with Crippen LogP contribution >= 0.6 is 0 Å². The number of likely N-dealkylation sites (tertiary alicyclic amines) is 2. The van der Waals surface area contributed by atoms with E-state index < -0.39 is 0 Å². The predicted molar refractivity (Wildman–Crippen MR) is 91.5 cm³/mol. The van der Waals surface area contributed by atoms with Gasteiger partial charge in [0.05, 0.1) is 12.6 Å². The van der Waals surface area contributed by atoms with Crippen LogP contribution < -0.4 is 0 Å². The molecule has 3 rings (SSSR count). The highest BCUT2D eigenvalue weighted by atomic mass is 16.2. The number of carbonyl (C=O) groups is 2. The average Bonchev–Trinajstić information content (AvgIpc) is 3.00. The smallest absolute Gasteiger partial charge is 0.242 e. The highest BCUT2D eigenvalue weighted by Crippen LogP contribution is 2.23. The first kappa shape index (κ1) is 17.0. The first-order valence-electron chi connectivity index (χ1n) is 9.26. The summed E-state index contributed by atoms with van der Waals surface area (Å²) in [4.78, 5) is 32.9. The lowest BCUT2D eigenvalue weighted by atomic mass is 10.0. The first-order chi connectivity index (χ1) is 11.7. The SMILES string of the molecule is CCc1nccn1[C@@H]1CCCN(C(=O)CN2CCCCCC2=O)C1. The maximum atomic E-state index is 12.7. The second kappa shape index (κ2) is 7.81. The zero-order valence-corrected chi connectivity index (χ0v) is 14.6. The van der Waals surface area contributed by atoms with E-state index in [0.717, 1.165) is 64.0 Å². The van der Waals surface area contributed by atoms with Gasteiger partial charge in [-0.25, -0.2) is 4.98 Å². The van der Waals surface area contributed by atoms with Crippen molar-refractivity contribution < 1.29 is 9.59 Å². The van der Waals surface area contributed by atoms with Gasteiger partial charge in [-0.2, -0.15) is 0 Å². The summed E-state index contributed by atoms with van der Waals surface area (Å²) in [5, 5.41) is 0. The summed E-state index contributed by atoms with van der Waals surface area (Å²) < 4.78 is 2.22. The number of piperidine rings is 1. The molecule has 0 N–H and O–H groups in total. The molecule has 0 saturated carbocycles. The third-order valence-electron chi connectivity index (χ3n) is 5.21. The molecule has 1 aromatic heterocycles. The standard InChI is InChI=1S/C18H28N4O2/c1-2-16-19-9-12-22(16)15-7-6-11-20(13-15)18(24)14-21-10-5-3-4-8-17(21)23/h9,12,15H,2-8,10-11,13-14H2,1H3/t15-/m1/s1. The van der Waals surface area contributed by atoms with E-state index >= 15 is 0 Å². The molecule has 2 aliphatic rings. The Labute approximate surface area is 143 Å². The van der Waals surface area contributed by atoms with Crippen molar-refractivity contribution in [2.24, 2.45) is 0 Å². The van der Waals surface area contributed by atoms with E-state index in [-0.39, 0.29) is 18.4 Å². The Hall–Kier alpha value is -1.85. The van der Waals surface area contributed by atoms with Gasteiger partial charge in [-0.1, -0.05) is 13.3 Å². The normalized spacial score (nSPS) is 22.5. The number of hydrogen-bond acceptors (Lipinski definition) is 3. The number of carbonyl (C=O) groups excluding carboxylic acids is 2. The van der Waals surface area contributed by atoms with E-state index in [1.54, 1.807) is 4.90 Å². The molecule has 0 aliphatic carbocycles. The van der Waals surface area contributed by atoms with E-state index in [0.29, 0.717) is 12.5 Å². The van der Waals surface area contributed by atoms with Crippen LogP contribution in [0.3, 0.4) is 0 Å². The molecule has 2 amide bonds. The molecular weight excluding hydrogens is 304 g/mol. The first-order valence-corrected chi connectivity index (χ1v) is 9.26. The molecule has 132 valence electrons. The lowest BCUT2D eigenvalue weighted by molar-refractivity contribution is -0.141. The second-order valence-electron chi connectivity index (χ2n) is 6.87. The predicted octanol–water partition coefficient (Wildman–Crippen LogP) is 2.01.